The first-order chi connectivity index (χ1) is 10.5. The van der Waals surface area contributed by atoms with Crippen molar-refractivity contribution in [3.05, 3.63) is 35.9 Å². The minimum atomic E-state index is -0.495. The van der Waals surface area contributed by atoms with Crippen molar-refractivity contribution in [3.8, 4) is 5.75 Å². The van der Waals surface area contributed by atoms with Crippen molar-refractivity contribution in [2.24, 2.45) is 0 Å². The maximum Gasteiger partial charge on any atom is 0.330 e. The molecule has 116 valence electrons. The number of rotatable bonds is 4. The fourth-order valence-electron chi connectivity index (χ4n) is 2.00. The number of amides is 2. The number of benzene rings is 1. The van der Waals surface area contributed by atoms with Crippen molar-refractivity contribution in [1.82, 2.24) is 5.32 Å². The zero-order valence-electron chi connectivity index (χ0n) is 12.3. The van der Waals surface area contributed by atoms with Gasteiger partial charge in [0, 0.05) is 19.7 Å². The Labute approximate surface area is 127 Å². The Kier molecular flexibility index (Phi) is 4.77. The summed E-state index contributed by atoms with van der Waals surface area (Å²) in [5, 5.41) is 2.64. The second kappa shape index (κ2) is 6.75. The molecule has 0 fully saturated rings. The molecule has 0 unspecified atom stereocenters. The highest BCUT2D eigenvalue weighted by Crippen LogP contribution is 2.34. The first kappa shape index (κ1) is 15.6. The summed E-state index contributed by atoms with van der Waals surface area (Å²) in [4.78, 5) is 36.3. The number of methoxy groups -OCH3 is 1. The van der Waals surface area contributed by atoms with Crippen molar-refractivity contribution in [2.75, 3.05) is 32.2 Å². The number of hydrogen-bond donors (Lipinski definition) is 1. The van der Waals surface area contributed by atoms with Crippen LogP contribution in [0, 0.1) is 0 Å². The van der Waals surface area contributed by atoms with Gasteiger partial charge in [-0.1, -0.05) is 12.1 Å². The van der Waals surface area contributed by atoms with Crippen molar-refractivity contribution in [2.45, 2.75) is 0 Å². The molecule has 0 spiro atoms. The molecule has 1 aromatic rings. The third-order valence-electron chi connectivity index (χ3n) is 3.14. The molecule has 2 rings (SSSR count). The van der Waals surface area contributed by atoms with Gasteiger partial charge < -0.3 is 19.7 Å². The van der Waals surface area contributed by atoms with Crippen LogP contribution >= 0.6 is 0 Å². The lowest BCUT2D eigenvalue weighted by molar-refractivity contribution is -0.134. The molecule has 0 saturated heterocycles. The molecule has 0 saturated carbocycles. The molecule has 0 aromatic heterocycles. The van der Waals surface area contributed by atoms with Crippen LogP contribution in [0.4, 0.5) is 5.69 Å². The molecule has 1 aromatic carbocycles. The molecule has 1 N–H and O–H groups in total. The molecule has 22 heavy (non-hydrogen) atoms. The largest absolute Gasteiger partial charge is 0.482 e. The monoisotopic (exact) mass is 304 g/mol. The summed E-state index contributed by atoms with van der Waals surface area (Å²) in [7, 11) is 2.87. The molecule has 0 bridgehead atoms. The Balaban J connectivity index is 2.12. The molecule has 1 aliphatic heterocycles. The van der Waals surface area contributed by atoms with E-state index in [1.54, 1.807) is 25.2 Å². The van der Waals surface area contributed by atoms with E-state index >= 15 is 0 Å². The fraction of sp³-hybridized carbons (Fsp3) is 0.267. The first-order valence-corrected chi connectivity index (χ1v) is 6.59. The summed E-state index contributed by atoms with van der Waals surface area (Å²) >= 11 is 0. The van der Waals surface area contributed by atoms with Crippen molar-refractivity contribution >= 4 is 23.5 Å². The number of para-hydroxylation sites is 1. The topological polar surface area (TPSA) is 84.9 Å². The molecule has 0 atom stereocenters. The maximum atomic E-state index is 12.2. The minimum Gasteiger partial charge on any atom is -0.482 e. The van der Waals surface area contributed by atoms with Crippen LogP contribution in [-0.2, 0) is 14.3 Å². The molecular weight excluding hydrogens is 288 g/mol. The smallest absolute Gasteiger partial charge is 0.330 e. The van der Waals surface area contributed by atoms with E-state index in [0.717, 1.165) is 0 Å². The van der Waals surface area contributed by atoms with E-state index < -0.39 is 5.97 Å². The second-order valence-corrected chi connectivity index (χ2v) is 4.53. The quantitative estimate of drug-likeness (QED) is 0.647. The SMILES string of the molecule is COC(=O)/C=C/CNC(=O)c1cccc2c1N(C)C(=O)CO2. The van der Waals surface area contributed by atoms with E-state index in [1.807, 2.05) is 0 Å². The summed E-state index contributed by atoms with van der Waals surface area (Å²) < 4.78 is 9.77. The number of esters is 1. The predicted molar refractivity (Wildman–Crippen MR) is 78.8 cm³/mol. The van der Waals surface area contributed by atoms with Gasteiger partial charge >= 0.3 is 5.97 Å². The van der Waals surface area contributed by atoms with Crippen LogP contribution in [0.3, 0.4) is 0 Å². The van der Waals surface area contributed by atoms with Crippen LogP contribution in [0.5, 0.6) is 5.75 Å². The van der Waals surface area contributed by atoms with Gasteiger partial charge in [0.15, 0.2) is 6.61 Å². The van der Waals surface area contributed by atoms with Gasteiger partial charge in [0.2, 0.25) is 0 Å². The zero-order chi connectivity index (χ0) is 16.1. The van der Waals surface area contributed by atoms with Gasteiger partial charge in [0.1, 0.15) is 5.75 Å². The fourth-order valence-corrected chi connectivity index (χ4v) is 2.00. The molecule has 1 aliphatic rings. The second-order valence-electron chi connectivity index (χ2n) is 4.53. The Morgan fingerprint density at radius 2 is 2.23 bits per heavy atom. The average Bonchev–Trinajstić information content (AvgIpc) is 2.54. The number of fused-ring (bicyclic) bond motifs is 1. The summed E-state index contributed by atoms with van der Waals surface area (Å²) in [5.41, 5.74) is 0.771. The Morgan fingerprint density at radius 3 is 2.95 bits per heavy atom. The third-order valence-corrected chi connectivity index (χ3v) is 3.14. The van der Waals surface area contributed by atoms with Crippen LogP contribution in [0.15, 0.2) is 30.4 Å². The average molecular weight is 304 g/mol. The number of carbonyl (C=O) groups is 3. The zero-order valence-corrected chi connectivity index (χ0v) is 12.3. The molecule has 0 aliphatic carbocycles. The lowest BCUT2D eigenvalue weighted by Gasteiger charge is -2.27. The van der Waals surface area contributed by atoms with Gasteiger partial charge in [-0.15, -0.1) is 0 Å². The van der Waals surface area contributed by atoms with Crippen molar-refractivity contribution in [3.63, 3.8) is 0 Å². The summed E-state index contributed by atoms with van der Waals surface area (Å²) in [6.45, 7) is 0.118. The number of anilines is 1. The lowest BCUT2D eigenvalue weighted by Crippen LogP contribution is -2.37. The normalized spacial score (nSPS) is 13.5. The Morgan fingerprint density at radius 1 is 1.45 bits per heavy atom. The van der Waals surface area contributed by atoms with Gasteiger partial charge in [-0.05, 0) is 12.1 Å². The van der Waals surface area contributed by atoms with Crippen LogP contribution in [-0.4, -0.2) is 45.1 Å². The van der Waals surface area contributed by atoms with E-state index in [2.05, 4.69) is 10.1 Å². The van der Waals surface area contributed by atoms with Gasteiger partial charge in [0.25, 0.3) is 11.8 Å². The van der Waals surface area contributed by atoms with Gasteiger partial charge in [-0.2, -0.15) is 0 Å². The number of hydrogen-bond acceptors (Lipinski definition) is 5. The first-order valence-electron chi connectivity index (χ1n) is 6.59. The van der Waals surface area contributed by atoms with Crippen LogP contribution in [0.25, 0.3) is 0 Å². The summed E-state index contributed by atoms with van der Waals surface area (Å²) in [6.07, 6.45) is 2.70. The molecule has 0 radical (unpaired) electrons. The van der Waals surface area contributed by atoms with E-state index in [1.165, 1.54) is 24.2 Å². The third kappa shape index (κ3) is 3.25. The van der Waals surface area contributed by atoms with Crippen molar-refractivity contribution in [1.29, 1.82) is 0 Å². The number of carbonyl (C=O) groups excluding carboxylic acids is 3. The highest BCUT2D eigenvalue weighted by molar-refractivity contribution is 6.07. The number of likely N-dealkylation sites (N-methyl/N-ethyl adjacent to an activating group) is 1. The molecular formula is C15H16N2O5. The molecule has 7 heteroatoms. The molecule has 7 nitrogen and oxygen atoms in total. The summed E-state index contributed by atoms with van der Waals surface area (Å²) in [6, 6.07) is 4.99. The van der Waals surface area contributed by atoms with Gasteiger partial charge in [-0.3, -0.25) is 9.59 Å². The Hall–Kier alpha value is -2.83. The van der Waals surface area contributed by atoms with Crippen molar-refractivity contribution < 1.29 is 23.9 Å². The molecule has 2 amide bonds. The number of ether oxygens (including phenoxy) is 2. The number of nitrogens with one attached hydrogen (secondary N) is 1. The highest BCUT2D eigenvalue weighted by atomic mass is 16.5. The van der Waals surface area contributed by atoms with Crippen LogP contribution < -0.4 is 15.0 Å². The van der Waals surface area contributed by atoms with Crippen LogP contribution in [0.2, 0.25) is 0 Å². The van der Waals surface area contributed by atoms with E-state index in [9.17, 15) is 14.4 Å². The number of nitrogens with zero attached hydrogens (tertiary/aromatic N) is 1. The highest BCUT2D eigenvalue weighted by Gasteiger charge is 2.27. The summed E-state index contributed by atoms with van der Waals surface area (Å²) in [5.74, 6) is -0.597. The van der Waals surface area contributed by atoms with Gasteiger partial charge in [-0.25, -0.2) is 4.79 Å². The van der Waals surface area contributed by atoms with E-state index in [-0.39, 0.29) is 25.0 Å². The Bertz CT molecular complexity index is 639. The van der Waals surface area contributed by atoms with Gasteiger partial charge in [0.05, 0.1) is 18.4 Å². The lowest BCUT2D eigenvalue weighted by atomic mass is 10.1. The predicted octanol–water partition coefficient (Wildman–Crippen LogP) is 0.501. The maximum absolute atomic E-state index is 12.2. The van der Waals surface area contributed by atoms with E-state index in [4.69, 9.17) is 4.74 Å². The van der Waals surface area contributed by atoms with E-state index in [0.29, 0.717) is 17.0 Å². The minimum absolute atomic E-state index is 0.0452. The standard InChI is InChI=1S/C15H16N2O5/c1-17-12(18)9-22-11-6-3-5-10(14(11)17)15(20)16-8-4-7-13(19)21-2/h3-7H,8-9H2,1-2H3,(H,16,20)/b7-4+. The van der Waals surface area contributed by atoms with Crippen LogP contribution in [0.1, 0.15) is 10.4 Å². The molecule has 1 heterocycles.